The van der Waals surface area contributed by atoms with Gasteiger partial charge in [0.25, 0.3) is 0 Å². The minimum absolute atomic E-state index is 0.274. The highest BCUT2D eigenvalue weighted by Gasteiger charge is 2.07. The number of benzene rings is 2. The average molecular weight is 230 g/mol. The normalized spacial score (nSPS) is 12.4. The third kappa shape index (κ3) is 3.40. The van der Waals surface area contributed by atoms with Gasteiger partial charge in [-0.2, -0.15) is 0 Å². The third-order valence-corrected chi connectivity index (χ3v) is 2.80. The summed E-state index contributed by atoms with van der Waals surface area (Å²) in [6.07, 6.45) is 0.936. The number of halogens is 1. The molecule has 0 radical (unpaired) electrons. The summed E-state index contributed by atoms with van der Waals surface area (Å²) in [5.74, 6) is -0.274. The van der Waals surface area contributed by atoms with E-state index in [0.29, 0.717) is 6.42 Å². The van der Waals surface area contributed by atoms with Gasteiger partial charge in [-0.1, -0.05) is 42.5 Å². The third-order valence-electron chi connectivity index (χ3n) is 2.80. The molecule has 17 heavy (non-hydrogen) atoms. The van der Waals surface area contributed by atoms with E-state index in [9.17, 15) is 9.50 Å². The number of hydrogen-bond donors (Lipinski definition) is 1. The average Bonchev–Trinajstić information content (AvgIpc) is 2.38. The largest absolute Gasteiger partial charge is 0.388 e. The first-order chi connectivity index (χ1) is 8.25. The van der Waals surface area contributed by atoms with Crippen LogP contribution in [0.5, 0.6) is 0 Å². The van der Waals surface area contributed by atoms with Crippen molar-refractivity contribution in [3.8, 4) is 0 Å². The molecule has 0 bridgehead atoms. The molecular formula is C15H15FO. The predicted molar refractivity (Wildman–Crippen MR) is 66.1 cm³/mol. The van der Waals surface area contributed by atoms with Gasteiger partial charge in [0.1, 0.15) is 5.82 Å². The number of aryl methyl sites for hydroxylation is 1. The maximum Gasteiger partial charge on any atom is 0.123 e. The van der Waals surface area contributed by atoms with Crippen molar-refractivity contribution in [2.24, 2.45) is 0 Å². The maximum absolute atomic E-state index is 12.7. The van der Waals surface area contributed by atoms with Gasteiger partial charge < -0.3 is 5.11 Å². The van der Waals surface area contributed by atoms with E-state index in [1.807, 2.05) is 30.3 Å². The summed E-state index contributed by atoms with van der Waals surface area (Å²) >= 11 is 0. The highest BCUT2D eigenvalue weighted by atomic mass is 19.1. The fourth-order valence-corrected chi connectivity index (χ4v) is 1.80. The zero-order valence-corrected chi connectivity index (χ0v) is 9.51. The summed E-state index contributed by atoms with van der Waals surface area (Å²) in [5.41, 5.74) is 1.97. The Morgan fingerprint density at radius 3 is 2.24 bits per heavy atom. The van der Waals surface area contributed by atoms with E-state index in [0.717, 1.165) is 12.0 Å². The van der Waals surface area contributed by atoms with Gasteiger partial charge in [0, 0.05) is 0 Å². The van der Waals surface area contributed by atoms with E-state index < -0.39 is 6.10 Å². The zero-order valence-electron chi connectivity index (χ0n) is 9.51. The molecule has 2 rings (SSSR count). The Labute approximate surface area is 101 Å². The van der Waals surface area contributed by atoms with Crippen LogP contribution in [-0.4, -0.2) is 5.11 Å². The van der Waals surface area contributed by atoms with Gasteiger partial charge in [-0.15, -0.1) is 0 Å². The lowest BCUT2D eigenvalue weighted by Crippen LogP contribution is -1.99. The molecule has 2 aromatic rings. The van der Waals surface area contributed by atoms with Crippen molar-refractivity contribution in [1.82, 2.24) is 0 Å². The molecule has 2 heteroatoms. The minimum Gasteiger partial charge on any atom is -0.388 e. The van der Waals surface area contributed by atoms with Gasteiger partial charge in [-0.25, -0.2) is 4.39 Å². The summed E-state index contributed by atoms with van der Waals surface area (Å²) < 4.78 is 12.7. The molecule has 0 amide bonds. The number of aliphatic hydroxyl groups excluding tert-OH is 1. The van der Waals surface area contributed by atoms with Crippen molar-refractivity contribution in [1.29, 1.82) is 0 Å². The Morgan fingerprint density at radius 1 is 0.941 bits per heavy atom. The molecule has 0 aliphatic rings. The smallest absolute Gasteiger partial charge is 0.123 e. The van der Waals surface area contributed by atoms with Crippen molar-refractivity contribution < 1.29 is 9.50 Å². The topological polar surface area (TPSA) is 20.2 Å². The van der Waals surface area contributed by atoms with Crippen LogP contribution in [0, 0.1) is 5.82 Å². The Morgan fingerprint density at radius 2 is 1.59 bits per heavy atom. The first kappa shape index (κ1) is 11.8. The molecule has 0 heterocycles. The van der Waals surface area contributed by atoms with Gasteiger partial charge >= 0.3 is 0 Å². The SMILES string of the molecule is OC(CCc1ccccc1)c1ccc(F)cc1. The van der Waals surface area contributed by atoms with Crippen LogP contribution in [0.1, 0.15) is 23.7 Å². The fraction of sp³-hybridized carbons (Fsp3) is 0.200. The Kier molecular flexibility index (Phi) is 3.89. The Balaban J connectivity index is 1.93. The van der Waals surface area contributed by atoms with Crippen LogP contribution in [0.2, 0.25) is 0 Å². The molecule has 88 valence electrons. The summed E-state index contributed by atoms with van der Waals surface area (Å²) in [6.45, 7) is 0. The van der Waals surface area contributed by atoms with Crippen molar-refractivity contribution >= 4 is 0 Å². The van der Waals surface area contributed by atoms with E-state index in [4.69, 9.17) is 0 Å². The molecule has 0 aliphatic carbocycles. The van der Waals surface area contributed by atoms with E-state index in [1.54, 1.807) is 12.1 Å². The van der Waals surface area contributed by atoms with E-state index in [1.165, 1.54) is 17.7 Å². The molecule has 0 saturated heterocycles. The van der Waals surface area contributed by atoms with Gasteiger partial charge in [0.2, 0.25) is 0 Å². The fourth-order valence-electron chi connectivity index (χ4n) is 1.80. The summed E-state index contributed by atoms with van der Waals surface area (Å²) in [4.78, 5) is 0. The second kappa shape index (κ2) is 5.60. The van der Waals surface area contributed by atoms with Gasteiger partial charge in [0.15, 0.2) is 0 Å². The lowest BCUT2D eigenvalue weighted by molar-refractivity contribution is 0.168. The van der Waals surface area contributed by atoms with E-state index >= 15 is 0 Å². The lowest BCUT2D eigenvalue weighted by Gasteiger charge is -2.10. The predicted octanol–water partition coefficient (Wildman–Crippen LogP) is 3.49. The molecule has 0 aliphatic heterocycles. The van der Waals surface area contributed by atoms with Crippen molar-refractivity contribution in [3.63, 3.8) is 0 Å². The standard InChI is InChI=1S/C15H15FO/c16-14-9-7-13(8-10-14)15(17)11-6-12-4-2-1-3-5-12/h1-5,7-10,15,17H,6,11H2. The van der Waals surface area contributed by atoms with E-state index in [-0.39, 0.29) is 5.82 Å². The molecular weight excluding hydrogens is 215 g/mol. The number of aliphatic hydroxyl groups is 1. The Bertz CT molecular complexity index is 450. The van der Waals surface area contributed by atoms with Crippen molar-refractivity contribution in [2.45, 2.75) is 18.9 Å². The van der Waals surface area contributed by atoms with Crippen LogP contribution in [0.4, 0.5) is 4.39 Å². The van der Waals surface area contributed by atoms with Gasteiger partial charge in [-0.05, 0) is 36.1 Å². The number of hydrogen-bond acceptors (Lipinski definition) is 1. The van der Waals surface area contributed by atoms with Gasteiger partial charge in [-0.3, -0.25) is 0 Å². The molecule has 1 nitrogen and oxygen atoms in total. The highest BCUT2D eigenvalue weighted by molar-refractivity contribution is 5.20. The molecule has 0 fully saturated rings. The summed E-state index contributed by atoms with van der Waals surface area (Å²) in [6, 6.07) is 16.0. The quantitative estimate of drug-likeness (QED) is 0.852. The van der Waals surface area contributed by atoms with Crippen LogP contribution in [-0.2, 0) is 6.42 Å². The second-order valence-corrected chi connectivity index (χ2v) is 4.09. The van der Waals surface area contributed by atoms with Crippen molar-refractivity contribution in [2.75, 3.05) is 0 Å². The van der Waals surface area contributed by atoms with Crippen LogP contribution in [0.3, 0.4) is 0 Å². The maximum atomic E-state index is 12.7. The molecule has 0 saturated carbocycles. The van der Waals surface area contributed by atoms with Crippen LogP contribution in [0.15, 0.2) is 54.6 Å². The zero-order chi connectivity index (χ0) is 12.1. The Hall–Kier alpha value is -1.67. The number of rotatable bonds is 4. The molecule has 1 unspecified atom stereocenters. The van der Waals surface area contributed by atoms with Crippen LogP contribution in [0.25, 0.3) is 0 Å². The molecule has 1 N–H and O–H groups in total. The molecule has 0 aromatic heterocycles. The van der Waals surface area contributed by atoms with Crippen molar-refractivity contribution in [3.05, 3.63) is 71.5 Å². The highest BCUT2D eigenvalue weighted by Crippen LogP contribution is 2.19. The lowest BCUT2D eigenvalue weighted by atomic mass is 10.0. The molecule has 1 atom stereocenters. The van der Waals surface area contributed by atoms with Crippen LogP contribution >= 0.6 is 0 Å². The first-order valence-electron chi connectivity index (χ1n) is 5.73. The molecule has 0 spiro atoms. The monoisotopic (exact) mass is 230 g/mol. The summed E-state index contributed by atoms with van der Waals surface area (Å²) in [7, 11) is 0. The van der Waals surface area contributed by atoms with E-state index in [2.05, 4.69) is 0 Å². The van der Waals surface area contributed by atoms with Gasteiger partial charge in [0.05, 0.1) is 6.10 Å². The molecule has 2 aromatic carbocycles. The summed E-state index contributed by atoms with van der Waals surface area (Å²) in [5, 5.41) is 9.95. The van der Waals surface area contributed by atoms with Crippen LogP contribution < -0.4 is 0 Å². The first-order valence-corrected chi connectivity index (χ1v) is 5.73. The second-order valence-electron chi connectivity index (χ2n) is 4.09. The minimum atomic E-state index is -0.532.